The van der Waals surface area contributed by atoms with Crippen LogP contribution in [-0.2, 0) is 4.74 Å². The fraction of sp³-hybridized carbons (Fsp3) is 0.385. The number of ether oxygens (including phenoxy) is 1. The summed E-state index contributed by atoms with van der Waals surface area (Å²) in [5.74, 6) is 0.830. The molecule has 0 amide bonds. The van der Waals surface area contributed by atoms with E-state index in [1.807, 2.05) is 24.3 Å². The van der Waals surface area contributed by atoms with Crippen molar-refractivity contribution in [3.05, 3.63) is 30.6 Å². The van der Waals surface area contributed by atoms with E-state index in [4.69, 9.17) is 10.5 Å². The second-order valence-corrected chi connectivity index (χ2v) is 4.11. The third-order valence-corrected chi connectivity index (χ3v) is 2.77. The first-order chi connectivity index (χ1) is 8.85. The summed E-state index contributed by atoms with van der Waals surface area (Å²) in [5.41, 5.74) is 6.53. The van der Waals surface area contributed by atoms with Crippen molar-refractivity contribution in [2.75, 3.05) is 25.6 Å². The lowest BCUT2D eigenvalue weighted by molar-refractivity contribution is 0.183. The summed E-state index contributed by atoms with van der Waals surface area (Å²) in [6.07, 6.45) is 2.41. The quantitative estimate of drug-likeness (QED) is 0.806. The molecule has 96 valence electrons. The van der Waals surface area contributed by atoms with Crippen LogP contribution in [0.5, 0.6) is 0 Å². The maximum atomic E-state index is 5.60. The molecular formula is C13H18N4O. The average molecular weight is 246 g/mol. The molecule has 1 heterocycles. The predicted molar refractivity (Wildman–Crippen MR) is 72.5 cm³/mol. The molecule has 0 saturated carbocycles. The van der Waals surface area contributed by atoms with Crippen molar-refractivity contribution in [1.82, 2.24) is 9.97 Å². The van der Waals surface area contributed by atoms with Crippen LogP contribution in [0, 0.1) is 0 Å². The number of para-hydroxylation sites is 1. The van der Waals surface area contributed by atoms with Gasteiger partial charge in [-0.3, -0.25) is 0 Å². The number of nitrogens with zero attached hydrogens (tertiary/aromatic N) is 2. The van der Waals surface area contributed by atoms with E-state index in [-0.39, 0.29) is 6.04 Å². The molecule has 0 bridgehead atoms. The van der Waals surface area contributed by atoms with Gasteiger partial charge in [0, 0.05) is 12.5 Å². The van der Waals surface area contributed by atoms with Crippen LogP contribution in [0.25, 0.3) is 10.9 Å². The number of rotatable bonds is 6. The highest BCUT2D eigenvalue weighted by Gasteiger charge is 2.10. The van der Waals surface area contributed by atoms with Crippen molar-refractivity contribution in [2.45, 2.75) is 12.5 Å². The minimum absolute atomic E-state index is 0.165. The van der Waals surface area contributed by atoms with Gasteiger partial charge >= 0.3 is 0 Å². The van der Waals surface area contributed by atoms with E-state index in [1.54, 1.807) is 13.4 Å². The molecule has 0 aliphatic heterocycles. The number of aromatic nitrogens is 2. The molecule has 1 aromatic carbocycles. The molecule has 1 atom stereocenters. The molecule has 2 aromatic rings. The van der Waals surface area contributed by atoms with Crippen molar-refractivity contribution < 1.29 is 4.74 Å². The lowest BCUT2D eigenvalue weighted by Crippen LogP contribution is -2.28. The summed E-state index contributed by atoms with van der Waals surface area (Å²) in [4.78, 5) is 8.53. The standard InChI is InChI=1S/C13H18N4O/c1-18-8-10(6-7-14)17-13-11-4-2-3-5-12(11)15-9-16-13/h2-5,9-10H,6-8,14H2,1H3,(H,15,16,17). The lowest BCUT2D eigenvalue weighted by atomic mass is 10.2. The Morgan fingerprint density at radius 1 is 1.33 bits per heavy atom. The van der Waals surface area contributed by atoms with Crippen molar-refractivity contribution in [3.8, 4) is 0 Å². The first kappa shape index (κ1) is 12.7. The first-order valence-electron chi connectivity index (χ1n) is 6.00. The van der Waals surface area contributed by atoms with Gasteiger partial charge in [0.15, 0.2) is 0 Å². The molecule has 0 fully saturated rings. The van der Waals surface area contributed by atoms with E-state index in [0.717, 1.165) is 23.1 Å². The van der Waals surface area contributed by atoms with Crippen LogP contribution in [0.1, 0.15) is 6.42 Å². The van der Waals surface area contributed by atoms with Crippen LogP contribution in [0.3, 0.4) is 0 Å². The van der Waals surface area contributed by atoms with E-state index in [0.29, 0.717) is 13.2 Å². The minimum atomic E-state index is 0.165. The molecule has 0 saturated heterocycles. The van der Waals surface area contributed by atoms with Gasteiger partial charge in [0.2, 0.25) is 0 Å². The van der Waals surface area contributed by atoms with Gasteiger partial charge in [-0.15, -0.1) is 0 Å². The van der Waals surface area contributed by atoms with Crippen molar-refractivity contribution in [2.24, 2.45) is 5.73 Å². The molecule has 18 heavy (non-hydrogen) atoms. The van der Waals surface area contributed by atoms with Gasteiger partial charge in [-0.05, 0) is 25.1 Å². The van der Waals surface area contributed by atoms with Gasteiger partial charge in [-0.2, -0.15) is 0 Å². The fourth-order valence-corrected chi connectivity index (χ4v) is 1.91. The van der Waals surface area contributed by atoms with Crippen LogP contribution in [0.2, 0.25) is 0 Å². The van der Waals surface area contributed by atoms with E-state index >= 15 is 0 Å². The number of methoxy groups -OCH3 is 1. The van der Waals surface area contributed by atoms with Gasteiger partial charge in [0.25, 0.3) is 0 Å². The number of hydrogen-bond donors (Lipinski definition) is 2. The number of fused-ring (bicyclic) bond motifs is 1. The summed E-state index contributed by atoms with van der Waals surface area (Å²) in [6.45, 7) is 1.22. The van der Waals surface area contributed by atoms with Crippen LogP contribution < -0.4 is 11.1 Å². The third kappa shape index (κ3) is 2.94. The monoisotopic (exact) mass is 246 g/mol. The molecule has 0 spiro atoms. The Balaban J connectivity index is 2.24. The van der Waals surface area contributed by atoms with Gasteiger partial charge in [0.1, 0.15) is 12.1 Å². The Morgan fingerprint density at radius 3 is 2.94 bits per heavy atom. The van der Waals surface area contributed by atoms with E-state index < -0.39 is 0 Å². The highest BCUT2D eigenvalue weighted by atomic mass is 16.5. The summed E-state index contributed by atoms with van der Waals surface area (Å²) < 4.78 is 5.18. The molecule has 0 aliphatic carbocycles. The van der Waals surface area contributed by atoms with Crippen LogP contribution in [0.15, 0.2) is 30.6 Å². The Labute approximate surface area is 106 Å². The van der Waals surface area contributed by atoms with Crippen molar-refractivity contribution >= 4 is 16.7 Å². The summed E-state index contributed by atoms with van der Waals surface area (Å²) >= 11 is 0. The average Bonchev–Trinajstić information content (AvgIpc) is 2.40. The molecule has 0 radical (unpaired) electrons. The largest absolute Gasteiger partial charge is 0.383 e. The van der Waals surface area contributed by atoms with Crippen LogP contribution >= 0.6 is 0 Å². The molecule has 3 N–H and O–H groups in total. The zero-order chi connectivity index (χ0) is 12.8. The van der Waals surface area contributed by atoms with Gasteiger partial charge < -0.3 is 15.8 Å². The highest BCUT2D eigenvalue weighted by Crippen LogP contribution is 2.19. The first-order valence-corrected chi connectivity index (χ1v) is 6.00. The third-order valence-electron chi connectivity index (χ3n) is 2.77. The highest BCUT2D eigenvalue weighted by molar-refractivity contribution is 5.88. The van der Waals surface area contributed by atoms with Crippen molar-refractivity contribution in [3.63, 3.8) is 0 Å². The molecule has 1 aromatic heterocycles. The zero-order valence-electron chi connectivity index (χ0n) is 10.5. The number of nitrogens with two attached hydrogens (primary N) is 1. The van der Waals surface area contributed by atoms with Crippen LogP contribution in [0.4, 0.5) is 5.82 Å². The topological polar surface area (TPSA) is 73.1 Å². The number of hydrogen-bond acceptors (Lipinski definition) is 5. The number of nitrogens with one attached hydrogen (secondary N) is 1. The van der Waals surface area contributed by atoms with Gasteiger partial charge in [-0.25, -0.2) is 9.97 Å². The predicted octanol–water partition coefficient (Wildman–Crippen LogP) is 1.41. The molecule has 5 nitrogen and oxygen atoms in total. The SMILES string of the molecule is COCC(CCN)Nc1ncnc2ccccc12. The Morgan fingerprint density at radius 2 is 2.17 bits per heavy atom. The number of anilines is 1. The molecule has 2 rings (SSSR count). The van der Waals surface area contributed by atoms with E-state index in [1.165, 1.54) is 0 Å². The number of benzene rings is 1. The molecular weight excluding hydrogens is 228 g/mol. The maximum Gasteiger partial charge on any atom is 0.137 e. The zero-order valence-corrected chi connectivity index (χ0v) is 10.5. The minimum Gasteiger partial charge on any atom is -0.383 e. The van der Waals surface area contributed by atoms with Gasteiger partial charge in [-0.1, -0.05) is 12.1 Å². The summed E-state index contributed by atoms with van der Waals surface area (Å²) in [6, 6.07) is 8.08. The fourth-order valence-electron chi connectivity index (χ4n) is 1.91. The molecule has 1 unspecified atom stereocenters. The smallest absolute Gasteiger partial charge is 0.137 e. The van der Waals surface area contributed by atoms with E-state index in [9.17, 15) is 0 Å². The Bertz CT molecular complexity index is 492. The second-order valence-electron chi connectivity index (χ2n) is 4.11. The molecule has 0 aliphatic rings. The van der Waals surface area contributed by atoms with Gasteiger partial charge in [0.05, 0.1) is 18.2 Å². The second kappa shape index (κ2) is 6.28. The van der Waals surface area contributed by atoms with Crippen molar-refractivity contribution in [1.29, 1.82) is 0 Å². The summed E-state index contributed by atoms with van der Waals surface area (Å²) in [5, 5.41) is 4.38. The Kier molecular flexibility index (Phi) is 4.44. The normalized spacial score (nSPS) is 12.6. The molecule has 5 heteroatoms. The maximum absolute atomic E-state index is 5.60. The van der Waals surface area contributed by atoms with Crippen LogP contribution in [-0.4, -0.2) is 36.3 Å². The Hall–Kier alpha value is -1.72. The van der Waals surface area contributed by atoms with E-state index in [2.05, 4.69) is 15.3 Å². The summed E-state index contributed by atoms with van der Waals surface area (Å²) in [7, 11) is 1.68. The lowest BCUT2D eigenvalue weighted by Gasteiger charge is -2.18.